The lowest BCUT2D eigenvalue weighted by atomic mass is 10.5. The zero-order valence-corrected chi connectivity index (χ0v) is 2.86. The molecule has 0 aromatic heterocycles. The molecule has 1 radical (unpaired) electrons. The summed E-state index contributed by atoms with van der Waals surface area (Å²) in [5.74, 6) is 0. The Bertz CT molecular complexity index is 5.25. The third kappa shape index (κ3) is 1.96. The molecule has 1 heteroatoms. The molecule has 0 aliphatic carbocycles. The van der Waals surface area contributed by atoms with Gasteiger partial charge >= 0.3 is 0 Å². The minimum atomic E-state index is 0.319. The van der Waals surface area contributed by atoms with Gasteiger partial charge in [0.1, 0.15) is 0 Å². The van der Waals surface area contributed by atoms with Gasteiger partial charge < -0.3 is 0 Å². The molecule has 0 aromatic carbocycles. The lowest BCUT2D eigenvalue weighted by Gasteiger charge is -1.57. The van der Waals surface area contributed by atoms with Crippen molar-refractivity contribution in [2.75, 3.05) is 6.61 Å². The van der Waals surface area contributed by atoms with Gasteiger partial charge in [-0.1, -0.05) is 6.92 Å². The maximum Gasteiger partial charge on any atom is 0.216 e. The molecule has 0 amide bonds. The van der Waals surface area contributed by atoms with E-state index in [0.29, 0.717) is 6.61 Å². The summed E-state index contributed by atoms with van der Waals surface area (Å²) in [6.45, 7) is 2.25. The van der Waals surface area contributed by atoms with E-state index in [1.807, 2.05) is 6.92 Å². The zero-order valence-electron chi connectivity index (χ0n) is 2.86. The van der Waals surface area contributed by atoms with E-state index in [-0.39, 0.29) is 0 Å². The Morgan fingerprint density at radius 3 is 2.00 bits per heavy atom. The first-order valence-corrected chi connectivity index (χ1v) is 1.52. The average Bonchev–Trinajstić information content (AvgIpc) is 1.37. The van der Waals surface area contributed by atoms with Crippen LogP contribution in [0.4, 0.5) is 0 Å². The molecule has 0 saturated heterocycles. The second-order valence-corrected chi connectivity index (χ2v) is 0.724. The highest BCUT2D eigenvalue weighted by Crippen LogP contribution is 1.61. The highest BCUT2D eigenvalue weighted by atomic mass is 16.2. The van der Waals surface area contributed by atoms with Crippen molar-refractivity contribution in [3.8, 4) is 0 Å². The van der Waals surface area contributed by atoms with Crippen molar-refractivity contribution in [3.63, 3.8) is 0 Å². The maximum absolute atomic E-state index is 7.88. The van der Waals surface area contributed by atoms with Gasteiger partial charge in [-0.05, 0) is 0 Å². The third-order valence-corrected chi connectivity index (χ3v) is 0.224. The van der Waals surface area contributed by atoms with E-state index in [2.05, 4.69) is 0 Å². The van der Waals surface area contributed by atoms with E-state index in [9.17, 15) is 0 Å². The van der Waals surface area contributed by atoms with Crippen LogP contribution in [0, 0.1) is 0 Å². The molecule has 0 aliphatic rings. The van der Waals surface area contributed by atoms with E-state index in [1.54, 1.807) is 0 Å². The Hall–Kier alpha value is -0.0400. The number of rotatable bonds is 1. The summed E-state index contributed by atoms with van der Waals surface area (Å²) in [7, 11) is 0. The summed E-state index contributed by atoms with van der Waals surface area (Å²) < 4.78 is 0. The molecule has 25 valence electrons. The summed E-state index contributed by atoms with van der Waals surface area (Å²) in [6.07, 6.45) is 0.875. The van der Waals surface area contributed by atoms with Crippen LogP contribution in [0.25, 0.3) is 0 Å². The first kappa shape index (κ1) is 3.96. The first-order valence-electron chi connectivity index (χ1n) is 1.52. The standard InChI is InChI=1S/C3H8O/c1-2-3-4/h4H,2-3H2,1H3/q+1. The quantitative estimate of drug-likeness (QED) is 0.401. The number of aliphatic hydroxyl groups is 1. The smallest absolute Gasteiger partial charge is 0.162 e. The van der Waals surface area contributed by atoms with Gasteiger partial charge in [0.05, 0.1) is 0 Å². The molecule has 1 nitrogen and oxygen atoms in total. The van der Waals surface area contributed by atoms with Gasteiger partial charge in [-0.2, -0.15) is 5.11 Å². The fourth-order valence-electron chi connectivity index (χ4n) is 0. The fourth-order valence-corrected chi connectivity index (χ4v) is 0. The minimum absolute atomic E-state index is 0.319. The molecule has 0 aliphatic heterocycles. The highest BCUT2D eigenvalue weighted by Gasteiger charge is 1.68. The molecular weight excluding hydrogens is 52.0 g/mol. The molecule has 0 saturated carbocycles. The van der Waals surface area contributed by atoms with Crippen molar-refractivity contribution in [1.29, 1.82) is 0 Å². The Kier molecular flexibility index (Phi) is 2.93. The zero-order chi connectivity index (χ0) is 3.41. The van der Waals surface area contributed by atoms with Gasteiger partial charge in [0.2, 0.25) is 6.61 Å². The second kappa shape index (κ2) is 2.96. The largest absolute Gasteiger partial charge is 0.216 e. The van der Waals surface area contributed by atoms with Crippen LogP contribution in [-0.2, 0) is 0 Å². The van der Waals surface area contributed by atoms with Gasteiger partial charge in [0, 0.05) is 6.42 Å². The van der Waals surface area contributed by atoms with Crippen LogP contribution < -0.4 is 0 Å². The summed E-state index contributed by atoms with van der Waals surface area (Å²) >= 11 is 0. The van der Waals surface area contributed by atoms with Gasteiger partial charge in [0.15, 0.2) is 0 Å². The molecule has 0 heterocycles. The molecule has 0 bridgehead atoms. The van der Waals surface area contributed by atoms with Gasteiger partial charge in [-0.15, -0.1) is 0 Å². The van der Waals surface area contributed by atoms with Gasteiger partial charge in [-0.3, -0.25) is 0 Å². The summed E-state index contributed by atoms with van der Waals surface area (Å²) in [4.78, 5) is 0. The molecule has 0 aromatic rings. The van der Waals surface area contributed by atoms with Crippen molar-refractivity contribution in [1.82, 2.24) is 0 Å². The van der Waals surface area contributed by atoms with Crippen molar-refractivity contribution in [2.24, 2.45) is 0 Å². The Balaban J connectivity index is 1.97. The van der Waals surface area contributed by atoms with Gasteiger partial charge in [0.25, 0.3) is 0 Å². The Labute approximate surface area is 26.3 Å². The molecule has 1 N–H and O–H groups in total. The lowest BCUT2D eigenvalue weighted by molar-refractivity contribution is 0.295. The van der Waals surface area contributed by atoms with E-state index < -0.39 is 0 Å². The maximum atomic E-state index is 7.88. The first-order chi connectivity index (χ1) is 1.91. The van der Waals surface area contributed by atoms with E-state index in [0.717, 1.165) is 6.42 Å². The van der Waals surface area contributed by atoms with E-state index in [1.165, 1.54) is 0 Å². The van der Waals surface area contributed by atoms with E-state index >= 15 is 0 Å². The normalized spacial score (nSPS) is 7.50. The minimum Gasteiger partial charge on any atom is -0.162 e. The van der Waals surface area contributed by atoms with Crippen LogP contribution in [-0.4, -0.2) is 11.7 Å². The van der Waals surface area contributed by atoms with Crippen LogP contribution in [0.15, 0.2) is 0 Å². The SMILES string of the molecule is CCC[OH+]. The molecule has 0 atom stereocenters. The molecule has 4 heavy (non-hydrogen) atoms. The number of hydrogen-bond donors (Lipinski definition) is 0. The summed E-state index contributed by atoms with van der Waals surface area (Å²) in [6, 6.07) is 0. The third-order valence-electron chi connectivity index (χ3n) is 0.224. The van der Waals surface area contributed by atoms with Crippen LogP contribution in [0.3, 0.4) is 0 Å². The lowest BCUT2D eigenvalue weighted by Crippen LogP contribution is -1.69. The predicted octanol–water partition coefficient (Wildman–Crippen LogP) is 0.389. The van der Waals surface area contributed by atoms with Crippen molar-refractivity contribution in [2.45, 2.75) is 13.3 Å². The second-order valence-electron chi connectivity index (χ2n) is 0.724. The van der Waals surface area contributed by atoms with Crippen molar-refractivity contribution >= 4 is 0 Å². The number of aliphatic hydroxyl groups excluding tert-OH is 1. The Morgan fingerprint density at radius 1 is 1.75 bits per heavy atom. The monoisotopic (exact) mass is 60.1 g/mol. The molecule has 0 unspecified atom stereocenters. The van der Waals surface area contributed by atoms with Crippen LogP contribution in [0.2, 0.25) is 0 Å². The van der Waals surface area contributed by atoms with Crippen molar-refractivity contribution in [3.05, 3.63) is 0 Å². The molecule has 0 fully saturated rings. The predicted molar refractivity (Wildman–Crippen MR) is 17.4 cm³/mol. The topological polar surface area (TPSA) is 21.4 Å². The molecule has 0 rings (SSSR count). The van der Waals surface area contributed by atoms with Crippen LogP contribution in [0.1, 0.15) is 13.3 Å². The fraction of sp³-hybridized carbons (Fsp3) is 1.00. The Morgan fingerprint density at radius 2 is 2.00 bits per heavy atom. The van der Waals surface area contributed by atoms with Crippen LogP contribution in [0.5, 0.6) is 0 Å². The van der Waals surface area contributed by atoms with Crippen molar-refractivity contribution < 1.29 is 5.11 Å². The number of hydrogen-bond acceptors (Lipinski definition) is 1. The van der Waals surface area contributed by atoms with Gasteiger partial charge in [-0.25, -0.2) is 0 Å². The molecular formula is C3H8O+. The molecule has 0 spiro atoms. The average molecular weight is 60.1 g/mol. The summed E-state index contributed by atoms with van der Waals surface area (Å²) in [5.41, 5.74) is 0. The van der Waals surface area contributed by atoms with Crippen LogP contribution >= 0.6 is 0 Å². The van der Waals surface area contributed by atoms with E-state index in [4.69, 9.17) is 5.11 Å². The highest BCUT2D eigenvalue weighted by molar-refractivity contribution is 4.10. The summed E-state index contributed by atoms with van der Waals surface area (Å²) in [5, 5.41) is 7.88.